The lowest BCUT2D eigenvalue weighted by atomic mass is 10.1. The summed E-state index contributed by atoms with van der Waals surface area (Å²) in [5, 5.41) is 9.03. The fourth-order valence-electron chi connectivity index (χ4n) is 2.52. The standard InChI is InChI=1S/C19H27N7O3/c1-13-3-5-15(6-4-13)7-8-23-17-18(28)26(14(2)11-24-17)12-16(27)22-9-10-29-25-19(20)21/h3-6,11H,7-10,12H2,1-2H3,(H,22,27)(H,23,24)(H4,20,21,25). The smallest absolute Gasteiger partial charge is 0.293 e. The summed E-state index contributed by atoms with van der Waals surface area (Å²) < 4.78 is 1.37. The number of carbonyl (C=O) groups is 1. The van der Waals surface area contributed by atoms with Gasteiger partial charge in [-0.15, -0.1) is 0 Å². The highest BCUT2D eigenvalue weighted by atomic mass is 16.6. The van der Waals surface area contributed by atoms with Crippen LogP contribution in [0.2, 0.25) is 0 Å². The third-order valence-electron chi connectivity index (χ3n) is 4.07. The number of hydrogen-bond acceptors (Lipinski definition) is 6. The molecule has 0 saturated heterocycles. The van der Waals surface area contributed by atoms with Gasteiger partial charge in [0, 0.05) is 18.4 Å². The first-order valence-electron chi connectivity index (χ1n) is 9.20. The summed E-state index contributed by atoms with van der Waals surface area (Å²) in [6.07, 6.45) is 2.32. The van der Waals surface area contributed by atoms with Gasteiger partial charge >= 0.3 is 0 Å². The lowest BCUT2D eigenvalue weighted by Gasteiger charge is -2.12. The van der Waals surface area contributed by atoms with Crippen LogP contribution in [-0.2, 0) is 22.6 Å². The van der Waals surface area contributed by atoms with Crippen LogP contribution < -0.4 is 27.7 Å². The zero-order chi connectivity index (χ0) is 21.2. The van der Waals surface area contributed by atoms with Gasteiger partial charge in [0.15, 0.2) is 5.82 Å². The van der Waals surface area contributed by atoms with Crippen molar-refractivity contribution in [2.24, 2.45) is 16.6 Å². The number of guanidine groups is 1. The highest BCUT2D eigenvalue weighted by Crippen LogP contribution is 2.05. The van der Waals surface area contributed by atoms with Crippen LogP contribution in [0.15, 0.2) is 40.4 Å². The number of hydrogen-bond donors (Lipinski definition) is 4. The van der Waals surface area contributed by atoms with Crippen molar-refractivity contribution >= 4 is 17.7 Å². The van der Waals surface area contributed by atoms with E-state index in [1.165, 1.54) is 10.1 Å². The number of oxime groups is 1. The summed E-state index contributed by atoms with van der Waals surface area (Å²) in [7, 11) is 0. The molecule has 0 radical (unpaired) electrons. The maximum absolute atomic E-state index is 12.7. The number of anilines is 1. The molecule has 1 aromatic heterocycles. The molecule has 0 unspecified atom stereocenters. The largest absolute Gasteiger partial charge is 0.391 e. The molecule has 10 nitrogen and oxygen atoms in total. The number of amides is 1. The summed E-state index contributed by atoms with van der Waals surface area (Å²) >= 11 is 0. The fourth-order valence-corrected chi connectivity index (χ4v) is 2.52. The van der Waals surface area contributed by atoms with E-state index in [0.717, 1.165) is 12.0 Å². The second kappa shape index (κ2) is 10.7. The monoisotopic (exact) mass is 401 g/mol. The number of rotatable bonds is 10. The summed E-state index contributed by atoms with van der Waals surface area (Å²) in [4.78, 5) is 33.7. The topological polar surface area (TPSA) is 150 Å². The Labute approximate surface area is 168 Å². The molecule has 0 aliphatic heterocycles. The molecule has 2 rings (SSSR count). The number of nitrogens with zero attached hydrogens (tertiary/aromatic N) is 3. The van der Waals surface area contributed by atoms with Crippen LogP contribution in [0.1, 0.15) is 16.8 Å². The summed E-state index contributed by atoms with van der Waals surface area (Å²) in [6, 6.07) is 8.21. The molecular formula is C19H27N7O3. The number of aryl methyl sites for hydroxylation is 2. The quantitative estimate of drug-likeness (QED) is 0.187. The lowest BCUT2D eigenvalue weighted by Crippen LogP contribution is -2.36. The fraction of sp³-hybridized carbons (Fsp3) is 0.368. The van der Waals surface area contributed by atoms with Crippen molar-refractivity contribution in [3.8, 4) is 0 Å². The van der Waals surface area contributed by atoms with Crippen LogP contribution in [0.5, 0.6) is 0 Å². The predicted octanol–water partition coefficient (Wildman–Crippen LogP) is -0.164. The molecule has 10 heteroatoms. The molecule has 1 aromatic carbocycles. The van der Waals surface area contributed by atoms with Crippen LogP contribution >= 0.6 is 0 Å². The zero-order valence-corrected chi connectivity index (χ0v) is 16.6. The zero-order valence-electron chi connectivity index (χ0n) is 16.6. The van der Waals surface area contributed by atoms with Gasteiger partial charge in [-0.25, -0.2) is 4.98 Å². The van der Waals surface area contributed by atoms with E-state index in [1.54, 1.807) is 13.1 Å². The van der Waals surface area contributed by atoms with Crippen LogP contribution in [0.25, 0.3) is 0 Å². The van der Waals surface area contributed by atoms with E-state index < -0.39 is 0 Å². The summed E-state index contributed by atoms with van der Waals surface area (Å²) in [6.45, 7) is 4.51. The van der Waals surface area contributed by atoms with Crippen molar-refractivity contribution in [3.05, 3.63) is 57.6 Å². The molecular weight excluding hydrogens is 374 g/mol. The van der Waals surface area contributed by atoms with Crippen molar-refractivity contribution in [1.29, 1.82) is 0 Å². The van der Waals surface area contributed by atoms with Gasteiger partial charge in [-0.1, -0.05) is 29.8 Å². The Balaban J connectivity index is 1.90. The molecule has 6 N–H and O–H groups in total. The second-order valence-corrected chi connectivity index (χ2v) is 6.50. The Kier molecular flexibility index (Phi) is 8.01. The van der Waals surface area contributed by atoms with Crippen LogP contribution in [0, 0.1) is 13.8 Å². The summed E-state index contributed by atoms with van der Waals surface area (Å²) in [5.74, 6) is -0.315. The first kappa shape index (κ1) is 21.7. The normalized spacial score (nSPS) is 10.3. The lowest BCUT2D eigenvalue weighted by molar-refractivity contribution is -0.122. The van der Waals surface area contributed by atoms with Crippen LogP contribution in [-0.4, -0.2) is 41.1 Å². The van der Waals surface area contributed by atoms with Crippen molar-refractivity contribution in [1.82, 2.24) is 14.9 Å². The van der Waals surface area contributed by atoms with Gasteiger partial charge in [-0.2, -0.15) is 0 Å². The first-order valence-corrected chi connectivity index (χ1v) is 9.20. The van der Waals surface area contributed by atoms with E-state index in [0.29, 0.717) is 12.2 Å². The SMILES string of the molecule is Cc1ccc(CCNc2ncc(C)n(CC(=O)NCCON=C(N)N)c2=O)cc1. The van der Waals surface area contributed by atoms with Gasteiger partial charge in [0.2, 0.25) is 11.9 Å². The maximum atomic E-state index is 12.7. The number of aromatic nitrogens is 2. The summed E-state index contributed by atoms with van der Waals surface area (Å²) in [5.41, 5.74) is 12.9. The Hall–Kier alpha value is -3.56. The highest BCUT2D eigenvalue weighted by molar-refractivity contribution is 5.76. The minimum atomic E-state index is -0.346. The van der Waals surface area contributed by atoms with Gasteiger partial charge in [-0.05, 0) is 31.0 Å². The highest BCUT2D eigenvalue weighted by Gasteiger charge is 2.11. The molecule has 0 spiro atoms. The van der Waals surface area contributed by atoms with Crippen molar-refractivity contribution in [3.63, 3.8) is 0 Å². The number of nitrogens with two attached hydrogens (primary N) is 2. The third-order valence-corrected chi connectivity index (χ3v) is 4.07. The van der Waals surface area contributed by atoms with Gasteiger partial charge in [0.1, 0.15) is 13.2 Å². The van der Waals surface area contributed by atoms with E-state index in [9.17, 15) is 9.59 Å². The van der Waals surface area contributed by atoms with E-state index in [-0.39, 0.29) is 42.9 Å². The Morgan fingerprint density at radius 3 is 2.62 bits per heavy atom. The third kappa shape index (κ3) is 7.17. The van der Waals surface area contributed by atoms with E-state index in [4.69, 9.17) is 16.3 Å². The Bertz CT molecular complexity index is 903. The average Bonchev–Trinajstić information content (AvgIpc) is 2.68. The second-order valence-electron chi connectivity index (χ2n) is 6.50. The van der Waals surface area contributed by atoms with E-state index >= 15 is 0 Å². The molecule has 0 atom stereocenters. The number of benzene rings is 1. The molecule has 0 aliphatic rings. The Morgan fingerprint density at radius 2 is 1.93 bits per heavy atom. The molecule has 156 valence electrons. The predicted molar refractivity (Wildman–Crippen MR) is 111 cm³/mol. The minimum Gasteiger partial charge on any atom is -0.391 e. The van der Waals surface area contributed by atoms with Gasteiger partial charge in [-0.3, -0.25) is 14.2 Å². The van der Waals surface area contributed by atoms with Crippen molar-refractivity contribution in [2.45, 2.75) is 26.8 Å². The molecule has 1 amide bonds. The van der Waals surface area contributed by atoms with Crippen molar-refractivity contribution in [2.75, 3.05) is 25.0 Å². The number of carbonyl (C=O) groups excluding carboxylic acids is 1. The number of nitrogens with one attached hydrogen (secondary N) is 2. The maximum Gasteiger partial charge on any atom is 0.293 e. The van der Waals surface area contributed by atoms with E-state index in [2.05, 4.69) is 32.9 Å². The Morgan fingerprint density at radius 1 is 1.21 bits per heavy atom. The van der Waals surface area contributed by atoms with Gasteiger partial charge in [0.25, 0.3) is 5.56 Å². The molecule has 29 heavy (non-hydrogen) atoms. The van der Waals surface area contributed by atoms with Crippen molar-refractivity contribution < 1.29 is 9.63 Å². The first-order chi connectivity index (χ1) is 13.9. The minimum absolute atomic E-state index is 0.111. The molecule has 0 fully saturated rings. The average molecular weight is 401 g/mol. The molecule has 2 aromatic rings. The van der Waals surface area contributed by atoms with Crippen LogP contribution in [0.3, 0.4) is 0 Å². The van der Waals surface area contributed by atoms with Crippen LogP contribution in [0.4, 0.5) is 5.82 Å². The molecule has 1 heterocycles. The molecule has 0 saturated carbocycles. The van der Waals surface area contributed by atoms with E-state index in [1.807, 2.05) is 19.1 Å². The molecule has 0 aliphatic carbocycles. The molecule has 0 bridgehead atoms. The van der Waals surface area contributed by atoms with Gasteiger partial charge < -0.3 is 26.9 Å². The van der Waals surface area contributed by atoms with Gasteiger partial charge in [0.05, 0.1) is 6.54 Å².